The van der Waals surface area contributed by atoms with Gasteiger partial charge in [-0.25, -0.2) is 4.99 Å². The number of fused-ring (bicyclic) bond motifs is 1. The van der Waals surface area contributed by atoms with Crippen LogP contribution in [-0.2, 0) is 17.6 Å². The summed E-state index contributed by atoms with van der Waals surface area (Å²) < 4.78 is 0. The number of hydrogen-bond donors (Lipinski definition) is 2. The molecule has 0 unspecified atom stereocenters. The van der Waals surface area contributed by atoms with E-state index in [0.717, 1.165) is 70.4 Å². The molecule has 1 aromatic heterocycles. The molecule has 2 N–H and O–H groups in total. The van der Waals surface area contributed by atoms with Crippen molar-refractivity contribution < 1.29 is 9.59 Å². The maximum atomic E-state index is 13.2. The van der Waals surface area contributed by atoms with Crippen molar-refractivity contribution >= 4 is 40.2 Å². The summed E-state index contributed by atoms with van der Waals surface area (Å²) in [5, 5.41) is 6.60. The summed E-state index contributed by atoms with van der Waals surface area (Å²) in [5.74, 6) is 0.810. The van der Waals surface area contributed by atoms with Crippen LogP contribution >= 0.6 is 11.3 Å². The van der Waals surface area contributed by atoms with Crippen LogP contribution in [0.3, 0.4) is 0 Å². The SMILES string of the molecule is Cc1c(NC(=O)c2cc3c(s2)CCCC3)cccc1C1=NC(Nc2ccc([C@@H]3C(=O)N(C)CCN3C)cc2)=CN(C)C1. The maximum Gasteiger partial charge on any atom is 0.265 e. The number of aryl methyl sites for hydroxylation is 2. The highest BCUT2D eigenvalue weighted by molar-refractivity contribution is 7.14. The number of aliphatic imine (C=N–C) groups is 1. The van der Waals surface area contributed by atoms with E-state index in [2.05, 4.69) is 32.6 Å². The molecule has 0 spiro atoms. The van der Waals surface area contributed by atoms with E-state index in [1.165, 1.54) is 23.3 Å². The van der Waals surface area contributed by atoms with Gasteiger partial charge in [-0.05, 0) is 80.6 Å². The monoisotopic (exact) mass is 582 g/mol. The summed E-state index contributed by atoms with van der Waals surface area (Å²) in [6.45, 7) is 4.30. The normalized spacial score (nSPS) is 19.2. The zero-order valence-electron chi connectivity index (χ0n) is 24.7. The molecule has 3 aliphatic rings. The van der Waals surface area contributed by atoms with Crippen molar-refractivity contribution in [1.29, 1.82) is 0 Å². The number of rotatable bonds is 6. The van der Waals surface area contributed by atoms with Crippen molar-refractivity contribution in [3.8, 4) is 0 Å². The highest BCUT2D eigenvalue weighted by atomic mass is 32.1. The largest absolute Gasteiger partial charge is 0.372 e. The maximum absolute atomic E-state index is 13.2. The Balaban J connectivity index is 1.18. The second-order valence-corrected chi connectivity index (χ2v) is 12.7. The van der Waals surface area contributed by atoms with E-state index >= 15 is 0 Å². The van der Waals surface area contributed by atoms with Crippen LogP contribution in [0.4, 0.5) is 11.4 Å². The average molecular weight is 583 g/mol. The minimum atomic E-state index is -0.261. The molecule has 0 saturated carbocycles. The predicted octanol–water partition coefficient (Wildman–Crippen LogP) is 5.28. The van der Waals surface area contributed by atoms with Gasteiger partial charge < -0.3 is 20.4 Å². The Labute approximate surface area is 251 Å². The summed E-state index contributed by atoms with van der Waals surface area (Å²) in [6, 6.07) is 15.8. The molecule has 1 aliphatic carbocycles. The van der Waals surface area contributed by atoms with Gasteiger partial charge in [0, 0.05) is 55.2 Å². The Hall–Kier alpha value is -3.95. The number of carbonyl (C=O) groups is 2. The van der Waals surface area contributed by atoms with E-state index in [0.29, 0.717) is 6.54 Å². The fraction of sp³-hybridized carbons (Fsp3) is 0.364. The first-order valence-corrected chi connectivity index (χ1v) is 15.4. The van der Waals surface area contributed by atoms with E-state index in [9.17, 15) is 9.59 Å². The van der Waals surface area contributed by atoms with Crippen molar-refractivity contribution in [2.75, 3.05) is 51.4 Å². The van der Waals surface area contributed by atoms with Gasteiger partial charge in [0.25, 0.3) is 5.91 Å². The van der Waals surface area contributed by atoms with E-state index in [1.807, 2.05) is 70.7 Å². The first kappa shape index (κ1) is 28.2. The van der Waals surface area contributed by atoms with E-state index in [4.69, 9.17) is 4.99 Å². The number of anilines is 2. The van der Waals surface area contributed by atoms with Gasteiger partial charge in [0.05, 0.1) is 17.1 Å². The molecule has 218 valence electrons. The Morgan fingerprint density at radius 2 is 1.81 bits per heavy atom. The highest BCUT2D eigenvalue weighted by Gasteiger charge is 2.32. The molecule has 2 amide bonds. The lowest BCUT2D eigenvalue weighted by atomic mass is 9.99. The van der Waals surface area contributed by atoms with Crippen molar-refractivity contribution in [2.24, 2.45) is 4.99 Å². The van der Waals surface area contributed by atoms with Crippen LogP contribution < -0.4 is 10.6 Å². The van der Waals surface area contributed by atoms with Gasteiger partial charge in [0.2, 0.25) is 5.91 Å². The number of amides is 2. The van der Waals surface area contributed by atoms with Crippen LogP contribution in [0.25, 0.3) is 0 Å². The molecule has 1 atom stereocenters. The molecule has 9 heteroatoms. The Morgan fingerprint density at radius 1 is 1.02 bits per heavy atom. The standard InChI is InChI=1S/C33H38N6O2S/c1-21-25(9-7-10-26(21)36-32(40)29-18-23-8-5-6-11-28(23)42-29)27-19-37(2)20-30(35-27)34-24-14-12-22(13-15-24)31-33(41)39(4)17-16-38(31)3/h7,9-10,12-15,18,20,31,34H,5-6,8,11,16-17,19H2,1-4H3,(H,36,40)/t31-/m1/s1. The summed E-state index contributed by atoms with van der Waals surface area (Å²) in [5.41, 5.74) is 6.96. The first-order valence-electron chi connectivity index (χ1n) is 14.6. The molecule has 2 aliphatic heterocycles. The summed E-state index contributed by atoms with van der Waals surface area (Å²) in [4.78, 5) is 39.1. The molecule has 6 rings (SSSR count). The zero-order valence-corrected chi connectivity index (χ0v) is 25.6. The Bertz CT molecular complexity index is 1550. The molecule has 1 saturated heterocycles. The van der Waals surface area contributed by atoms with Crippen LogP contribution in [0.1, 0.15) is 55.7 Å². The zero-order chi connectivity index (χ0) is 29.4. The van der Waals surface area contributed by atoms with E-state index in [-0.39, 0.29) is 17.9 Å². The smallest absolute Gasteiger partial charge is 0.265 e. The molecule has 2 aromatic carbocycles. The minimum Gasteiger partial charge on any atom is -0.372 e. The van der Waals surface area contributed by atoms with Gasteiger partial charge in [-0.3, -0.25) is 14.5 Å². The molecule has 8 nitrogen and oxygen atoms in total. The molecular formula is C33H38N6O2S. The number of hydrogen-bond acceptors (Lipinski definition) is 7. The highest BCUT2D eigenvalue weighted by Crippen LogP contribution is 2.31. The molecule has 3 aromatic rings. The van der Waals surface area contributed by atoms with Crippen LogP contribution in [0, 0.1) is 6.92 Å². The summed E-state index contributed by atoms with van der Waals surface area (Å²) in [6.07, 6.45) is 6.56. The third-order valence-electron chi connectivity index (χ3n) is 8.45. The lowest BCUT2D eigenvalue weighted by Gasteiger charge is -2.37. The fourth-order valence-electron chi connectivity index (χ4n) is 6.01. The molecule has 0 radical (unpaired) electrons. The predicted molar refractivity (Wildman–Crippen MR) is 170 cm³/mol. The van der Waals surface area contributed by atoms with Crippen LogP contribution in [0.15, 0.2) is 65.5 Å². The Morgan fingerprint density at radius 3 is 2.60 bits per heavy atom. The number of likely N-dealkylation sites (N-methyl/N-ethyl adjacent to an activating group) is 3. The third-order valence-corrected chi connectivity index (χ3v) is 9.68. The molecule has 42 heavy (non-hydrogen) atoms. The number of piperazine rings is 1. The summed E-state index contributed by atoms with van der Waals surface area (Å²) in [7, 11) is 5.89. The number of nitrogens with zero attached hydrogens (tertiary/aromatic N) is 4. The first-order chi connectivity index (χ1) is 20.3. The lowest BCUT2D eigenvalue weighted by Crippen LogP contribution is -2.48. The summed E-state index contributed by atoms with van der Waals surface area (Å²) >= 11 is 1.63. The van der Waals surface area contributed by atoms with Gasteiger partial charge in [0.15, 0.2) is 0 Å². The van der Waals surface area contributed by atoms with Crippen LogP contribution in [-0.4, -0.2) is 73.0 Å². The number of benzene rings is 2. The second kappa shape index (κ2) is 11.7. The van der Waals surface area contributed by atoms with Crippen molar-refractivity contribution in [3.63, 3.8) is 0 Å². The lowest BCUT2D eigenvalue weighted by molar-refractivity contribution is -0.139. The Kier molecular flexibility index (Phi) is 7.88. The third kappa shape index (κ3) is 5.71. The fourth-order valence-corrected chi connectivity index (χ4v) is 7.16. The van der Waals surface area contributed by atoms with E-state index in [1.54, 1.807) is 16.2 Å². The second-order valence-electron chi connectivity index (χ2n) is 11.6. The number of carbonyl (C=O) groups excluding carboxylic acids is 2. The van der Waals surface area contributed by atoms with Gasteiger partial charge in [-0.2, -0.15) is 0 Å². The van der Waals surface area contributed by atoms with E-state index < -0.39 is 0 Å². The average Bonchev–Trinajstić information content (AvgIpc) is 3.42. The molecular weight excluding hydrogens is 544 g/mol. The number of nitrogens with one attached hydrogen (secondary N) is 2. The van der Waals surface area contributed by atoms with Gasteiger partial charge in [-0.15, -0.1) is 11.3 Å². The van der Waals surface area contributed by atoms with Gasteiger partial charge >= 0.3 is 0 Å². The van der Waals surface area contributed by atoms with Gasteiger partial charge in [0.1, 0.15) is 11.9 Å². The van der Waals surface area contributed by atoms with Crippen LogP contribution in [0.2, 0.25) is 0 Å². The van der Waals surface area contributed by atoms with Gasteiger partial charge in [-0.1, -0.05) is 24.3 Å². The minimum absolute atomic E-state index is 0.0455. The molecule has 0 bridgehead atoms. The van der Waals surface area contributed by atoms with Crippen molar-refractivity contribution in [1.82, 2.24) is 14.7 Å². The topological polar surface area (TPSA) is 80.3 Å². The van der Waals surface area contributed by atoms with Crippen molar-refractivity contribution in [2.45, 2.75) is 38.6 Å². The van der Waals surface area contributed by atoms with Crippen molar-refractivity contribution in [3.05, 3.63) is 92.6 Å². The number of thiophene rings is 1. The quantitative estimate of drug-likeness (QED) is 0.414. The van der Waals surface area contributed by atoms with Crippen LogP contribution in [0.5, 0.6) is 0 Å². The molecule has 3 heterocycles. The molecule has 1 fully saturated rings.